The molecule has 286 valence electrons. The molecule has 0 atom stereocenters. The Kier molecular flexibility index (Phi) is 8.56. The van der Waals surface area contributed by atoms with Crippen molar-refractivity contribution in [3.05, 3.63) is 230 Å². The largest absolute Gasteiger partial charge is 0.310 e. The minimum atomic E-state index is 1.10. The summed E-state index contributed by atoms with van der Waals surface area (Å²) in [6.45, 7) is 4.27. The van der Waals surface area contributed by atoms with Crippen molar-refractivity contribution in [1.29, 1.82) is 0 Å². The maximum Gasteiger partial charge on any atom is 0.0561 e. The van der Waals surface area contributed by atoms with Crippen molar-refractivity contribution in [3.63, 3.8) is 0 Å². The van der Waals surface area contributed by atoms with Crippen LogP contribution in [0.1, 0.15) is 11.1 Å². The molecular weight excluding hydrogens is 729 g/mol. The maximum atomic E-state index is 2.43. The fraction of sp³-hybridized carbons (Fsp3) is 0.0357. The number of aryl methyl sites for hydroxylation is 2. The fourth-order valence-electron chi connectivity index (χ4n) is 8.96. The molecule has 0 saturated heterocycles. The molecule has 60 heavy (non-hydrogen) atoms. The minimum absolute atomic E-state index is 1.10. The standard InChI is InChI=1S/C56H42N4/c1-39-24-28-43(29-25-39)57(41-14-5-3-6-15-41)47-32-34-51-49-20-9-11-22-53(49)59(55(51)37-47)45-18-13-19-46(36-45)60-54-23-12-10-21-50(54)52-35-33-48(38-56(52)60)58(42-16-7-4-8-17-42)44-30-26-40(2)27-31-44/h3-38H,1-2H3. The molecule has 0 aliphatic heterocycles. The summed E-state index contributed by atoms with van der Waals surface area (Å²) < 4.78 is 4.87. The maximum absolute atomic E-state index is 2.43. The summed E-state index contributed by atoms with van der Waals surface area (Å²) in [7, 11) is 0. The Morgan fingerprint density at radius 2 is 0.617 bits per heavy atom. The second-order valence-electron chi connectivity index (χ2n) is 15.6. The van der Waals surface area contributed by atoms with E-state index in [0.29, 0.717) is 0 Å². The highest BCUT2D eigenvalue weighted by molar-refractivity contribution is 6.12. The number of aromatic nitrogens is 2. The molecule has 0 N–H and O–H groups in total. The molecule has 11 rings (SSSR count). The smallest absolute Gasteiger partial charge is 0.0561 e. The Hall–Kier alpha value is -7.82. The van der Waals surface area contributed by atoms with Crippen LogP contribution in [-0.4, -0.2) is 9.13 Å². The third kappa shape index (κ3) is 6.00. The lowest BCUT2D eigenvalue weighted by Crippen LogP contribution is -2.10. The molecule has 0 aliphatic carbocycles. The van der Waals surface area contributed by atoms with Crippen molar-refractivity contribution >= 4 is 77.7 Å². The quantitative estimate of drug-likeness (QED) is 0.153. The molecule has 0 bridgehead atoms. The van der Waals surface area contributed by atoms with Crippen molar-refractivity contribution in [2.75, 3.05) is 9.80 Å². The first-order chi connectivity index (χ1) is 29.6. The van der Waals surface area contributed by atoms with E-state index in [9.17, 15) is 0 Å². The van der Waals surface area contributed by atoms with Crippen LogP contribution >= 0.6 is 0 Å². The monoisotopic (exact) mass is 770 g/mol. The van der Waals surface area contributed by atoms with E-state index < -0.39 is 0 Å². The van der Waals surface area contributed by atoms with E-state index in [1.54, 1.807) is 0 Å². The molecule has 4 nitrogen and oxygen atoms in total. The summed E-state index contributed by atoms with van der Waals surface area (Å²) in [6.07, 6.45) is 0. The molecule has 2 aromatic heterocycles. The number of benzene rings is 9. The van der Waals surface area contributed by atoms with Gasteiger partial charge in [-0.25, -0.2) is 0 Å². The molecule has 0 fully saturated rings. The highest BCUT2D eigenvalue weighted by Crippen LogP contribution is 2.42. The Morgan fingerprint density at radius 3 is 1.05 bits per heavy atom. The van der Waals surface area contributed by atoms with E-state index in [1.165, 1.54) is 43.7 Å². The first-order valence-electron chi connectivity index (χ1n) is 20.6. The molecule has 0 aliphatic rings. The molecule has 0 radical (unpaired) electrons. The molecule has 9 aromatic carbocycles. The highest BCUT2D eigenvalue weighted by atomic mass is 15.2. The zero-order chi connectivity index (χ0) is 40.2. The lowest BCUT2D eigenvalue weighted by molar-refractivity contribution is 1.13. The van der Waals surface area contributed by atoms with Gasteiger partial charge in [0.1, 0.15) is 0 Å². The van der Waals surface area contributed by atoms with Crippen molar-refractivity contribution in [3.8, 4) is 11.4 Å². The van der Waals surface area contributed by atoms with Crippen LogP contribution in [0.15, 0.2) is 218 Å². The topological polar surface area (TPSA) is 16.3 Å². The molecule has 0 saturated carbocycles. The average molecular weight is 771 g/mol. The summed E-state index contributed by atoms with van der Waals surface area (Å²) in [5.74, 6) is 0. The van der Waals surface area contributed by atoms with Gasteiger partial charge in [-0.15, -0.1) is 0 Å². The average Bonchev–Trinajstić information content (AvgIpc) is 3.81. The normalized spacial score (nSPS) is 11.5. The lowest BCUT2D eigenvalue weighted by Gasteiger charge is -2.26. The van der Waals surface area contributed by atoms with Crippen molar-refractivity contribution in [1.82, 2.24) is 9.13 Å². The van der Waals surface area contributed by atoms with Gasteiger partial charge in [-0.1, -0.05) is 126 Å². The number of rotatable bonds is 8. The van der Waals surface area contributed by atoms with Gasteiger partial charge in [-0.05, 0) is 117 Å². The first kappa shape index (κ1) is 35.4. The Morgan fingerprint density at radius 1 is 0.267 bits per heavy atom. The molecule has 11 aromatic rings. The van der Waals surface area contributed by atoms with Gasteiger partial charge in [0.2, 0.25) is 0 Å². The van der Waals surface area contributed by atoms with Crippen LogP contribution < -0.4 is 9.80 Å². The van der Waals surface area contributed by atoms with Crippen LogP contribution in [0.25, 0.3) is 55.0 Å². The molecule has 4 heteroatoms. The van der Waals surface area contributed by atoms with E-state index in [4.69, 9.17) is 0 Å². The van der Waals surface area contributed by atoms with Crippen LogP contribution in [0, 0.1) is 13.8 Å². The molecular formula is C56H42N4. The zero-order valence-electron chi connectivity index (χ0n) is 33.6. The summed E-state index contributed by atoms with van der Waals surface area (Å²) >= 11 is 0. The van der Waals surface area contributed by atoms with Gasteiger partial charge in [0.25, 0.3) is 0 Å². The second-order valence-corrected chi connectivity index (χ2v) is 15.6. The number of fused-ring (bicyclic) bond motifs is 6. The number of anilines is 6. The fourth-order valence-corrected chi connectivity index (χ4v) is 8.96. The molecule has 0 spiro atoms. The third-order valence-corrected chi connectivity index (χ3v) is 11.8. The van der Waals surface area contributed by atoms with Crippen LogP contribution in [0.5, 0.6) is 0 Å². The molecule has 0 amide bonds. The second kappa shape index (κ2) is 14.5. The van der Waals surface area contributed by atoms with Crippen LogP contribution in [-0.2, 0) is 0 Å². The highest BCUT2D eigenvalue weighted by Gasteiger charge is 2.20. The van der Waals surface area contributed by atoms with E-state index in [0.717, 1.165) is 56.5 Å². The van der Waals surface area contributed by atoms with Crippen LogP contribution in [0.4, 0.5) is 34.1 Å². The summed E-state index contributed by atoms with van der Waals surface area (Å²) in [5.41, 5.74) is 16.0. The Labute approximate surface area is 350 Å². The first-order valence-corrected chi connectivity index (χ1v) is 20.6. The Balaban J connectivity index is 1.11. The minimum Gasteiger partial charge on any atom is -0.310 e. The number of hydrogen-bond donors (Lipinski definition) is 0. The third-order valence-electron chi connectivity index (χ3n) is 11.8. The van der Waals surface area contributed by atoms with Gasteiger partial charge in [0, 0.05) is 67.0 Å². The van der Waals surface area contributed by atoms with Crippen molar-refractivity contribution < 1.29 is 0 Å². The lowest BCUT2D eigenvalue weighted by atomic mass is 10.1. The van der Waals surface area contributed by atoms with Crippen LogP contribution in [0.2, 0.25) is 0 Å². The predicted octanol–water partition coefficient (Wildman–Crippen LogP) is 15.4. The number of nitrogens with zero attached hydrogens (tertiary/aromatic N) is 4. The van der Waals surface area contributed by atoms with E-state index >= 15 is 0 Å². The van der Waals surface area contributed by atoms with Gasteiger partial charge in [0.15, 0.2) is 0 Å². The molecule has 2 heterocycles. The van der Waals surface area contributed by atoms with Gasteiger partial charge in [0.05, 0.1) is 22.1 Å². The van der Waals surface area contributed by atoms with Gasteiger partial charge in [-0.3, -0.25) is 0 Å². The van der Waals surface area contributed by atoms with Crippen molar-refractivity contribution in [2.45, 2.75) is 13.8 Å². The van der Waals surface area contributed by atoms with E-state index in [2.05, 4.69) is 251 Å². The summed E-state index contributed by atoms with van der Waals surface area (Å²) in [5, 5.41) is 4.89. The number of para-hydroxylation sites is 4. The van der Waals surface area contributed by atoms with E-state index in [-0.39, 0.29) is 0 Å². The van der Waals surface area contributed by atoms with Gasteiger partial charge < -0.3 is 18.9 Å². The zero-order valence-corrected chi connectivity index (χ0v) is 33.6. The van der Waals surface area contributed by atoms with E-state index in [1.807, 2.05) is 0 Å². The predicted molar refractivity (Wildman–Crippen MR) is 254 cm³/mol. The van der Waals surface area contributed by atoms with Gasteiger partial charge >= 0.3 is 0 Å². The summed E-state index contributed by atoms with van der Waals surface area (Å²) in [6, 6.07) is 79.3. The molecule has 0 unspecified atom stereocenters. The van der Waals surface area contributed by atoms with Crippen molar-refractivity contribution in [2.24, 2.45) is 0 Å². The number of hydrogen-bond acceptors (Lipinski definition) is 2. The van der Waals surface area contributed by atoms with Gasteiger partial charge in [-0.2, -0.15) is 0 Å². The van der Waals surface area contributed by atoms with Crippen LogP contribution in [0.3, 0.4) is 0 Å². The Bertz CT molecular complexity index is 3100. The summed E-state index contributed by atoms with van der Waals surface area (Å²) in [4.78, 5) is 4.70. The SMILES string of the molecule is Cc1ccc(N(c2ccccc2)c2ccc3c4ccccc4n(-c4cccc(-n5c6ccccc6c6ccc(N(c7ccccc7)c7ccc(C)cc7)cc65)c4)c3c2)cc1.